The Kier molecular flexibility index (Phi) is 7.98. The van der Waals surface area contributed by atoms with Crippen molar-refractivity contribution < 1.29 is 9.59 Å². The molecule has 1 aromatic rings. The summed E-state index contributed by atoms with van der Waals surface area (Å²) in [5.74, 6) is 0.0846. The molecular weight excluding hydrogens is 350 g/mol. The number of unbranched alkanes of at least 4 members (excludes halogenated alkanes) is 1. The van der Waals surface area contributed by atoms with Gasteiger partial charge in [-0.15, -0.1) is 0 Å². The van der Waals surface area contributed by atoms with Crippen molar-refractivity contribution in [3.8, 4) is 0 Å². The zero-order chi connectivity index (χ0) is 18.9. The van der Waals surface area contributed by atoms with Crippen molar-refractivity contribution in [1.82, 2.24) is 10.2 Å². The molecule has 26 heavy (non-hydrogen) atoms. The van der Waals surface area contributed by atoms with E-state index in [4.69, 9.17) is 11.6 Å². The summed E-state index contributed by atoms with van der Waals surface area (Å²) in [5.41, 5.74) is 1.04. The smallest absolute Gasteiger partial charge is 0.243 e. The van der Waals surface area contributed by atoms with E-state index < -0.39 is 0 Å². The van der Waals surface area contributed by atoms with E-state index in [0.717, 1.165) is 56.2 Å². The predicted molar refractivity (Wildman–Crippen MR) is 106 cm³/mol. The molecule has 1 atom stereocenters. The Balaban J connectivity index is 1.71. The van der Waals surface area contributed by atoms with Crippen LogP contribution in [-0.4, -0.2) is 49.4 Å². The molecule has 2 rings (SSSR count). The molecule has 6 heteroatoms. The molecule has 0 saturated carbocycles. The van der Waals surface area contributed by atoms with Gasteiger partial charge in [-0.1, -0.05) is 43.7 Å². The van der Waals surface area contributed by atoms with Crippen LogP contribution >= 0.6 is 11.6 Å². The number of para-hydroxylation sites is 1. The van der Waals surface area contributed by atoms with E-state index in [-0.39, 0.29) is 17.7 Å². The van der Waals surface area contributed by atoms with Crippen LogP contribution in [0.5, 0.6) is 0 Å². The fourth-order valence-corrected chi connectivity index (χ4v) is 3.43. The van der Waals surface area contributed by atoms with Gasteiger partial charge in [-0.2, -0.15) is 0 Å². The first kappa shape index (κ1) is 20.3. The molecule has 142 valence electrons. The van der Waals surface area contributed by atoms with E-state index in [1.807, 2.05) is 36.1 Å². The summed E-state index contributed by atoms with van der Waals surface area (Å²) in [7, 11) is 0. The second-order valence-electron chi connectivity index (χ2n) is 6.66. The van der Waals surface area contributed by atoms with E-state index in [1.54, 1.807) is 0 Å². The number of hydrogen-bond donors (Lipinski definition) is 1. The van der Waals surface area contributed by atoms with Gasteiger partial charge < -0.3 is 15.1 Å². The van der Waals surface area contributed by atoms with E-state index in [0.29, 0.717) is 6.54 Å². The third-order valence-electron chi connectivity index (χ3n) is 4.75. The molecule has 0 aliphatic carbocycles. The van der Waals surface area contributed by atoms with Gasteiger partial charge in [-0.25, -0.2) is 0 Å². The summed E-state index contributed by atoms with van der Waals surface area (Å²) in [6, 6.07) is 7.83. The number of benzene rings is 1. The van der Waals surface area contributed by atoms with Crippen molar-refractivity contribution in [2.45, 2.75) is 26.2 Å². The number of amides is 2. The number of carbonyl (C=O) groups is 2. The van der Waals surface area contributed by atoms with E-state index in [1.165, 1.54) is 6.08 Å². The summed E-state index contributed by atoms with van der Waals surface area (Å²) >= 11 is 6.26. The van der Waals surface area contributed by atoms with Crippen LogP contribution < -0.4 is 10.2 Å². The summed E-state index contributed by atoms with van der Waals surface area (Å²) in [5, 5.41) is 3.51. The third-order valence-corrected chi connectivity index (χ3v) is 5.07. The first-order valence-electron chi connectivity index (χ1n) is 9.21. The average Bonchev–Trinajstić information content (AvgIpc) is 2.67. The second-order valence-corrected chi connectivity index (χ2v) is 7.06. The minimum absolute atomic E-state index is 0.0111. The fourth-order valence-electron chi connectivity index (χ4n) is 3.17. The first-order valence-corrected chi connectivity index (χ1v) is 9.59. The van der Waals surface area contributed by atoms with Gasteiger partial charge in [0.25, 0.3) is 0 Å². The summed E-state index contributed by atoms with van der Waals surface area (Å²) in [6.45, 7) is 9.09. The molecule has 0 spiro atoms. The number of carbonyl (C=O) groups excluding carboxylic acids is 2. The van der Waals surface area contributed by atoms with Crippen molar-refractivity contribution >= 4 is 29.1 Å². The summed E-state index contributed by atoms with van der Waals surface area (Å²) in [4.78, 5) is 27.9. The van der Waals surface area contributed by atoms with Crippen molar-refractivity contribution in [3.63, 3.8) is 0 Å². The molecule has 1 fully saturated rings. The van der Waals surface area contributed by atoms with Crippen LogP contribution in [-0.2, 0) is 9.59 Å². The molecule has 1 aliphatic heterocycles. The number of halogens is 1. The van der Waals surface area contributed by atoms with Crippen LogP contribution in [0.3, 0.4) is 0 Å². The van der Waals surface area contributed by atoms with Gasteiger partial charge in [-0.3, -0.25) is 9.59 Å². The first-order chi connectivity index (χ1) is 12.5. The van der Waals surface area contributed by atoms with E-state index in [2.05, 4.69) is 16.8 Å². The lowest BCUT2D eigenvalue weighted by Gasteiger charge is -2.37. The zero-order valence-electron chi connectivity index (χ0n) is 15.4. The SMILES string of the molecule is C=CC(=O)NCCCC[C@H](C)C(=O)N1CCN(c2ccccc2Cl)CC1. The minimum Gasteiger partial charge on any atom is -0.367 e. The standard InChI is InChI=1S/C20H28ClN3O2/c1-3-19(25)22-11-7-6-8-16(2)20(26)24-14-12-23(13-15-24)18-10-5-4-9-17(18)21/h3-5,9-10,16H,1,6-8,11-15H2,2H3,(H,22,25)/t16-/m0/s1. The minimum atomic E-state index is -0.148. The second kappa shape index (κ2) is 10.2. The van der Waals surface area contributed by atoms with Gasteiger partial charge in [0.15, 0.2) is 0 Å². The van der Waals surface area contributed by atoms with Gasteiger partial charge in [-0.05, 0) is 31.1 Å². The lowest BCUT2D eigenvalue weighted by Crippen LogP contribution is -2.50. The van der Waals surface area contributed by atoms with Gasteiger partial charge in [0, 0.05) is 38.6 Å². The Labute approximate surface area is 161 Å². The van der Waals surface area contributed by atoms with Gasteiger partial charge in [0.1, 0.15) is 0 Å². The monoisotopic (exact) mass is 377 g/mol. The molecule has 0 aromatic heterocycles. The number of rotatable bonds is 8. The molecule has 1 heterocycles. The third kappa shape index (κ3) is 5.77. The highest BCUT2D eigenvalue weighted by Crippen LogP contribution is 2.26. The van der Waals surface area contributed by atoms with Crippen molar-refractivity contribution in [1.29, 1.82) is 0 Å². The normalized spacial score (nSPS) is 15.5. The maximum absolute atomic E-state index is 12.6. The van der Waals surface area contributed by atoms with Crippen LogP contribution in [0.15, 0.2) is 36.9 Å². The van der Waals surface area contributed by atoms with E-state index >= 15 is 0 Å². The Morgan fingerprint density at radius 1 is 1.23 bits per heavy atom. The average molecular weight is 378 g/mol. The van der Waals surface area contributed by atoms with Crippen molar-refractivity contribution in [2.24, 2.45) is 5.92 Å². The highest BCUT2D eigenvalue weighted by atomic mass is 35.5. The van der Waals surface area contributed by atoms with Crippen LogP contribution in [0.4, 0.5) is 5.69 Å². The number of nitrogens with zero attached hydrogens (tertiary/aromatic N) is 2. The zero-order valence-corrected chi connectivity index (χ0v) is 16.2. The lowest BCUT2D eigenvalue weighted by atomic mass is 10.0. The molecular formula is C20H28ClN3O2. The molecule has 1 aliphatic rings. The predicted octanol–water partition coefficient (Wildman–Crippen LogP) is 3.10. The maximum atomic E-state index is 12.6. The lowest BCUT2D eigenvalue weighted by molar-refractivity contribution is -0.135. The molecule has 0 radical (unpaired) electrons. The maximum Gasteiger partial charge on any atom is 0.243 e. The Morgan fingerprint density at radius 3 is 2.58 bits per heavy atom. The van der Waals surface area contributed by atoms with Gasteiger partial charge in [0.05, 0.1) is 10.7 Å². The molecule has 1 aromatic carbocycles. The molecule has 1 saturated heterocycles. The van der Waals surface area contributed by atoms with Gasteiger partial charge in [0.2, 0.25) is 11.8 Å². The summed E-state index contributed by atoms with van der Waals surface area (Å²) < 4.78 is 0. The fraction of sp³-hybridized carbons (Fsp3) is 0.500. The quantitative estimate of drug-likeness (QED) is 0.559. The highest BCUT2D eigenvalue weighted by Gasteiger charge is 2.25. The number of nitrogens with one attached hydrogen (secondary N) is 1. The number of hydrogen-bond acceptors (Lipinski definition) is 3. The molecule has 0 bridgehead atoms. The molecule has 1 N–H and O–H groups in total. The van der Waals surface area contributed by atoms with Crippen LogP contribution in [0.25, 0.3) is 0 Å². The van der Waals surface area contributed by atoms with Crippen LogP contribution in [0.2, 0.25) is 5.02 Å². The van der Waals surface area contributed by atoms with E-state index in [9.17, 15) is 9.59 Å². The van der Waals surface area contributed by atoms with Crippen molar-refractivity contribution in [2.75, 3.05) is 37.6 Å². The molecule has 5 nitrogen and oxygen atoms in total. The number of anilines is 1. The highest BCUT2D eigenvalue weighted by molar-refractivity contribution is 6.33. The summed E-state index contributed by atoms with van der Waals surface area (Å²) in [6.07, 6.45) is 3.91. The Hall–Kier alpha value is -2.01. The van der Waals surface area contributed by atoms with Gasteiger partial charge >= 0.3 is 0 Å². The molecule has 2 amide bonds. The van der Waals surface area contributed by atoms with Crippen LogP contribution in [0.1, 0.15) is 26.2 Å². The number of piperazine rings is 1. The molecule has 0 unspecified atom stereocenters. The largest absolute Gasteiger partial charge is 0.367 e. The Morgan fingerprint density at radius 2 is 1.92 bits per heavy atom. The van der Waals surface area contributed by atoms with Crippen molar-refractivity contribution in [3.05, 3.63) is 41.9 Å². The topological polar surface area (TPSA) is 52.7 Å². The van der Waals surface area contributed by atoms with Crippen LogP contribution in [0, 0.1) is 5.92 Å². The Bertz CT molecular complexity index is 627.